The van der Waals surface area contributed by atoms with Crippen LogP contribution in [-0.2, 0) is 4.79 Å². The second-order valence-corrected chi connectivity index (χ2v) is 3.17. The van der Waals surface area contributed by atoms with Crippen molar-refractivity contribution in [3.8, 4) is 0 Å². The Balaban J connectivity index is 0.000000220. The molecular formula is C9H10O3S. The molecule has 0 fully saturated rings. The molecular weight excluding hydrogens is 188 g/mol. The van der Waals surface area contributed by atoms with E-state index in [1.807, 2.05) is 11.8 Å². The van der Waals surface area contributed by atoms with E-state index in [-0.39, 0.29) is 5.48 Å². The minimum atomic E-state index is -0.981. The number of hydrogen-bond donors (Lipinski definition) is 1. The van der Waals surface area contributed by atoms with Gasteiger partial charge < -0.3 is 10.6 Å². The fourth-order valence-corrected chi connectivity index (χ4v) is 1.23. The molecule has 1 heterocycles. The lowest BCUT2D eigenvalue weighted by Crippen LogP contribution is -1.82. The van der Waals surface area contributed by atoms with Crippen molar-refractivity contribution in [1.29, 1.82) is 0 Å². The molecule has 70 valence electrons. The van der Waals surface area contributed by atoms with Crippen LogP contribution in [0.15, 0.2) is 46.7 Å². The van der Waals surface area contributed by atoms with Gasteiger partial charge in [-0.05, 0) is 12.1 Å². The van der Waals surface area contributed by atoms with Gasteiger partial charge in [-0.2, -0.15) is 0 Å². The van der Waals surface area contributed by atoms with Gasteiger partial charge in [-0.1, -0.05) is 30.5 Å². The number of fused-ring (bicyclic) bond motifs is 1. The van der Waals surface area contributed by atoms with Gasteiger partial charge in [-0.3, -0.25) is 0 Å². The fourth-order valence-electron chi connectivity index (χ4n) is 0.611. The van der Waals surface area contributed by atoms with Crippen LogP contribution in [0.5, 0.6) is 0 Å². The second kappa shape index (κ2) is 5.40. The summed E-state index contributed by atoms with van der Waals surface area (Å²) in [5, 5.41) is 7.60. The predicted octanol–water partition coefficient (Wildman–Crippen LogP) is 1.58. The van der Waals surface area contributed by atoms with Gasteiger partial charge in [0.15, 0.2) is 0 Å². The first-order valence-corrected chi connectivity index (χ1v) is 4.18. The van der Waals surface area contributed by atoms with E-state index in [4.69, 9.17) is 5.11 Å². The first-order chi connectivity index (χ1) is 5.74. The Morgan fingerprint density at radius 3 is 2.00 bits per heavy atom. The zero-order valence-electron chi connectivity index (χ0n) is 6.86. The lowest BCUT2D eigenvalue weighted by atomic mass is 10.4. The van der Waals surface area contributed by atoms with Gasteiger partial charge in [0.05, 0.1) is 0 Å². The highest BCUT2D eigenvalue weighted by Crippen LogP contribution is 2.47. The minimum absolute atomic E-state index is 0. The Hall–Kier alpha value is -1.26. The summed E-state index contributed by atoms with van der Waals surface area (Å²) < 4.78 is 0. The molecule has 0 radical (unpaired) electrons. The smallest absolute Gasteiger partial charge is 0.327 e. The molecule has 13 heavy (non-hydrogen) atoms. The number of benzene rings is 1. The van der Waals surface area contributed by atoms with Crippen LogP contribution in [0.1, 0.15) is 0 Å². The van der Waals surface area contributed by atoms with Crippen LogP contribution >= 0.6 is 11.8 Å². The van der Waals surface area contributed by atoms with Gasteiger partial charge in [-0.15, -0.1) is 0 Å². The molecule has 1 aliphatic heterocycles. The van der Waals surface area contributed by atoms with Crippen LogP contribution < -0.4 is 0 Å². The number of aliphatic carboxylic acids is 1. The molecule has 2 rings (SSSR count). The minimum Gasteiger partial charge on any atom is -0.478 e. The van der Waals surface area contributed by atoms with Gasteiger partial charge in [0.25, 0.3) is 0 Å². The van der Waals surface area contributed by atoms with E-state index in [1.165, 1.54) is 9.79 Å². The predicted molar refractivity (Wildman–Crippen MR) is 52.0 cm³/mol. The summed E-state index contributed by atoms with van der Waals surface area (Å²) in [6.45, 7) is 2.96. The van der Waals surface area contributed by atoms with E-state index >= 15 is 0 Å². The van der Waals surface area contributed by atoms with Crippen LogP contribution in [0.4, 0.5) is 0 Å². The van der Waals surface area contributed by atoms with Crippen molar-refractivity contribution >= 4 is 17.7 Å². The Kier molecular flexibility index (Phi) is 4.87. The first kappa shape index (κ1) is 11.7. The van der Waals surface area contributed by atoms with Crippen molar-refractivity contribution in [2.45, 2.75) is 9.79 Å². The molecule has 0 spiro atoms. The topological polar surface area (TPSA) is 68.8 Å². The molecule has 4 heteroatoms. The Morgan fingerprint density at radius 2 is 1.77 bits per heavy atom. The number of carboxylic acids is 1. The lowest BCUT2D eigenvalue weighted by Gasteiger charge is -1.66. The molecule has 0 bridgehead atoms. The summed E-state index contributed by atoms with van der Waals surface area (Å²) in [5.41, 5.74) is 0. The van der Waals surface area contributed by atoms with E-state index in [9.17, 15) is 4.79 Å². The average molecular weight is 198 g/mol. The summed E-state index contributed by atoms with van der Waals surface area (Å²) in [4.78, 5) is 12.1. The Bertz CT molecular complexity index is 288. The van der Waals surface area contributed by atoms with Crippen molar-refractivity contribution in [2.75, 3.05) is 0 Å². The van der Waals surface area contributed by atoms with Gasteiger partial charge in [-0.25, -0.2) is 4.79 Å². The monoisotopic (exact) mass is 198 g/mol. The van der Waals surface area contributed by atoms with Crippen LogP contribution in [-0.4, -0.2) is 16.6 Å². The Labute approximate surface area is 80.4 Å². The van der Waals surface area contributed by atoms with Crippen molar-refractivity contribution in [2.24, 2.45) is 0 Å². The number of hydrogen-bond acceptors (Lipinski definition) is 2. The standard InChI is InChI=1S/C6H4S.C3H4O2.H2O/c1-2-4-6-5(3-1)7-6;1-2-3(4)5;/h1-4H;2H,1H2,(H,4,5);1H2. The van der Waals surface area contributed by atoms with Crippen LogP contribution in [0.2, 0.25) is 0 Å². The lowest BCUT2D eigenvalue weighted by molar-refractivity contribution is -0.131. The molecule has 1 aliphatic rings. The second-order valence-electron chi connectivity index (χ2n) is 2.09. The third-order valence-electron chi connectivity index (χ3n) is 1.20. The molecule has 0 saturated carbocycles. The SMILES string of the molecule is C=CC(=O)O.O.c1ccc2c(c1)S2. The summed E-state index contributed by atoms with van der Waals surface area (Å²) in [5.74, 6) is -0.981. The molecule has 0 atom stereocenters. The van der Waals surface area contributed by atoms with Gasteiger partial charge in [0.2, 0.25) is 0 Å². The highest BCUT2D eigenvalue weighted by molar-refractivity contribution is 8.04. The molecule has 3 nitrogen and oxygen atoms in total. The maximum Gasteiger partial charge on any atom is 0.327 e. The normalized spacial score (nSPS) is 9.54. The van der Waals surface area contributed by atoms with Gasteiger partial charge in [0, 0.05) is 15.9 Å². The van der Waals surface area contributed by atoms with Crippen LogP contribution in [0.3, 0.4) is 0 Å². The summed E-state index contributed by atoms with van der Waals surface area (Å²) in [6.07, 6.45) is 0.833. The van der Waals surface area contributed by atoms with E-state index in [0.717, 1.165) is 6.08 Å². The maximum absolute atomic E-state index is 9.25. The van der Waals surface area contributed by atoms with Crippen molar-refractivity contribution < 1.29 is 15.4 Å². The number of rotatable bonds is 1. The van der Waals surface area contributed by atoms with Crippen LogP contribution in [0.25, 0.3) is 0 Å². The van der Waals surface area contributed by atoms with E-state index in [0.29, 0.717) is 0 Å². The summed E-state index contributed by atoms with van der Waals surface area (Å²) in [7, 11) is 0. The molecule has 0 amide bonds. The van der Waals surface area contributed by atoms with E-state index in [1.54, 1.807) is 0 Å². The van der Waals surface area contributed by atoms with Crippen molar-refractivity contribution in [3.05, 3.63) is 36.9 Å². The molecule has 1 aromatic rings. The third-order valence-corrected chi connectivity index (χ3v) is 2.15. The van der Waals surface area contributed by atoms with Gasteiger partial charge in [0.1, 0.15) is 0 Å². The maximum atomic E-state index is 9.25. The quantitative estimate of drug-likeness (QED) is 0.558. The highest BCUT2D eigenvalue weighted by atomic mass is 32.2. The fraction of sp³-hybridized carbons (Fsp3) is 0. The molecule has 0 saturated heterocycles. The Morgan fingerprint density at radius 1 is 1.38 bits per heavy atom. The zero-order chi connectivity index (χ0) is 8.97. The molecule has 0 unspecified atom stereocenters. The molecule has 0 aromatic heterocycles. The zero-order valence-corrected chi connectivity index (χ0v) is 7.67. The van der Waals surface area contributed by atoms with Crippen molar-refractivity contribution in [1.82, 2.24) is 0 Å². The number of carbonyl (C=O) groups is 1. The average Bonchev–Trinajstić information content (AvgIpc) is 2.83. The molecule has 0 aliphatic carbocycles. The van der Waals surface area contributed by atoms with E-state index in [2.05, 4.69) is 30.8 Å². The van der Waals surface area contributed by atoms with Crippen molar-refractivity contribution in [3.63, 3.8) is 0 Å². The largest absolute Gasteiger partial charge is 0.478 e. The first-order valence-electron chi connectivity index (χ1n) is 3.36. The van der Waals surface area contributed by atoms with Gasteiger partial charge >= 0.3 is 5.97 Å². The molecule has 1 aromatic carbocycles. The summed E-state index contributed by atoms with van der Waals surface area (Å²) in [6, 6.07) is 8.41. The summed E-state index contributed by atoms with van der Waals surface area (Å²) >= 11 is 1.86. The number of carboxylic acid groups (broad SMARTS) is 1. The van der Waals surface area contributed by atoms with E-state index < -0.39 is 5.97 Å². The highest BCUT2D eigenvalue weighted by Gasteiger charge is 2.14. The molecule has 3 N–H and O–H groups in total. The van der Waals surface area contributed by atoms with Crippen LogP contribution in [0, 0.1) is 0 Å². The third kappa shape index (κ3) is 4.35.